The van der Waals surface area contributed by atoms with Crippen molar-refractivity contribution in [1.82, 2.24) is 0 Å². The topological polar surface area (TPSA) is 223 Å². The number of fused-ring (bicyclic) bond motifs is 2. The summed E-state index contributed by atoms with van der Waals surface area (Å²) >= 11 is 0. The normalized spacial score (nSPS) is 27.8. The Morgan fingerprint density at radius 2 is 1.52 bits per heavy atom. The van der Waals surface area contributed by atoms with Crippen molar-refractivity contribution in [3.05, 3.63) is 83.9 Å². The molecule has 54 heavy (non-hydrogen) atoms. The largest absolute Gasteiger partial charge is 0.479 e. The molecule has 2 aromatic carbocycles. The van der Waals surface area contributed by atoms with E-state index in [1.54, 1.807) is 6.08 Å². The molecule has 2 bridgehead atoms. The van der Waals surface area contributed by atoms with Crippen molar-refractivity contribution in [3.8, 4) is 0 Å². The molecular formula is C40H50O14. The first-order valence-electron chi connectivity index (χ1n) is 18.2. The molecule has 14 heteroatoms. The van der Waals surface area contributed by atoms with Gasteiger partial charge in [0.1, 0.15) is 12.2 Å². The van der Waals surface area contributed by atoms with Gasteiger partial charge in [0.15, 0.2) is 6.10 Å². The maximum Gasteiger partial charge on any atom is 0.344 e. The van der Waals surface area contributed by atoms with E-state index in [0.717, 1.165) is 24.8 Å². The molecule has 0 saturated carbocycles. The van der Waals surface area contributed by atoms with Crippen LogP contribution in [-0.4, -0.2) is 96.8 Å². The predicted octanol–water partition coefficient (Wildman–Crippen LogP) is 4.08. The molecule has 0 aromatic heterocycles. The Morgan fingerprint density at radius 1 is 0.889 bits per heavy atom. The van der Waals surface area contributed by atoms with E-state index in [9.17, 15) is 49.5 Å². The van der Waals surface area contributed by atoms with Crippen LogP contribution in [0.25, 0.3) is 0 Å². The lowest BCUT2D eigenvalue weighted by Crippen LogP contribution is -2.78. The van der Waals surface area contributed by atoms with Crippen LogP contribution in [0.5, 0.6) is 0 Å². The lowest BCUT2D eigenvalue weighted by Gasteiger charge is -2.48. The van der Waals surface area contributed by atoms with Crippen LogP contribution in [0.1, 0.15) is 76.8 Å². The van der Waals surface area contributed by atoms with E-state index < -0.39 is 77.7 Å². The van der Waals surface area contributed by atoms with Crippen molar-refractivity contribution in [2.24, 2.45) is 11.8 Å². The van der Waals surface area contributed by atoms with Crippen molar-refractivity contribution in [2.45, 2.75) is 120 Å². The first kappa shape index (κ1) is 42.1. The fourth-order valence-electron chi connectivity index (χ4n) is 7.38. The van der Waals surface area contributed by atoms with Crippen molar-refractivity contribution in [2.75, 3.05) is 0 Å². The summed E-state index contributed by atoms with van der Waals surface area (Å²) in [6.45, 7) is 5.12. The Kier molecular flexibility index (Phi) is 14.1. The van der Waals surface area contributed by atoms with Gasteiger partial charge in [-0.05, 0) is 67.9 Å². The van der Waals surface area contributed by atoms with Crippen LogP contribution < -0.4 is 0 Å². The molecule has 4 rings (SSSR count). The van der Waals surface area contributed by atoms with Gasteiger partial charge in [-0.2, -0.15) is 0 Å². The molecule has 9 atom stereocenters. The van der Waals surface area contributed by atoms with Gasteiger partial charge in [0.05, 0.1) is 0 Å². The fourth-order valence-corrected chi connectivity index (χ4v) is 7.38. The Bertz CT molecular complexity index is 1650. The van der Waals surface area contributed by atoms with Crippen LogP contribution in [0.2, 0.25) is 0 Å². The van der Waals surface area contributed by atoms with E-state index in [1.807, 2.05) is 68.5 Å². The number of aliphatic hydroxyl groups excluding tert-OH is 1. The van der Waals surface area contributed by atoms with Crippen LogP contribution in [0, 0.1) is 11.8 Å². The molecule has 294 valence electrons. The molecule has 2 aliphatic rings. The SMILES string of the molecule is CC(=O)O[C@H](CCCC12OC(C(=O)O)C(O)(C(=O)O)C(C(=O)O)(O1)[C@H](OC(=O)CC/C=C/[C@H](C)CCCc1ccccc1)[C@H]2O)[C@H](C)Cc1ccccc1. The number of aryl methyl sites for hydroxylation is 1. The third-order valence-electron chi connectivity index (χ3n) is 10.2. The number of ether oxygens (including phenoxy) is 4. The highest BCUT2D eigenvalue weighted by molar-refractivity contribution is 5.98. The van der Waals surface area contributed by atoms with Crippen LogP contribution in [0.4, 0.5) is 0 Å². The first-order valence-corrected chi connectivity index (χ1v) is 18.2. The number of aliphatic hydroxyl groups is 2. The number of carboxylic acid groups (broad SMARTS) is 3. The predicted molar refractivity (Wildman–Crippen MR) is 191 cm³/mol. The molecular weight excluding hydrogens is 704 g/mol. The number of aliphatic carboxylic acids is 3. The van der Waals surface area contributed by atoms with Gasteiger partial charge in [-0.15, -0.1) is 0 Å². The summed E-state index contributed by atoms with van der Waals surface area (Å²) in [4.78, 5) is 63.2. The molecule has 2 fully saturated rings. The van der Waals surface area contributed by atoms with E-state index in [0.29, 0.717) is 6.42 Å². The molecule has 2 saturated heterocycles. The van der Waals surface area contributed by atoms with Crippen LogP contribution in [-0.2, 0) is 55.8 Å². The van der Waals surface area contributed by atoms with Crippen molar-refractivity contribution in [3.63, 3.8) is 0 Å². The van der Waals surface area contributed by atoms with Gasteiger partial charge >= 0.3 is 29.8 Å². The zero-order valence-electron chi connectivity index (χ0n) is 30.7. The number of allylic oxidation sites excluding steroid dienone is 2. The highest BCUT2D eigenvalue weighted by atomic mass is 16.8. The summed E-state index contributed by atoms with van der Waals surface area (Å²) in [5.41, 5.74) is -5.16. The number of carbonyl (C=O) groups is 5. The first-order chi connectivity index (χ1) is 25.6. The summed E-state index contributed by atoms with van der Waals surface area (Å²) in [5, 5.41) is 53.7. The Balaban J connectivity index is 1.51. The van der Waals surface area contributed by atoms with Gasteiger partial charge in [0.25, 0.3) is 0 Å². The van der Waals surface area contributed by atoms with Gasteiger partial charge in [-0.25, -0.2) is 14.4 Å². The molecule has 5 N–H and O–H groups in total. The molecule has 2 heterocycles. The summed E-state index contributed by atoms with van der Waals surface area (Å²) in [6.07, 6.45) is -1.75. The van der Waals surface area contributed by atoms with Crippen LogP contribution >= 0.6 is 0 Å². The number of rotatable bonds is 20. The number of hydrogen-bond acceptors (Lipinski definition) is 11. The Hall–Kier alpha value is -4.63. The van der Waals surface area contributed by atoms with E-state index in [1.165, 1.54) is 12.5 Å². The van der Waals surface area contributed by atoms with E-state index in [-0.39, 0.29) is 37.5 Å². The zero-order valence-corrected chi connectivity index (χ0v) is 30.7. The number of esters is 2. The molecule has 0 amide bonds. The Labute approximate surface area is 313 Å². The molecule has 0 radical (unpaired) electrons. The Morgan fingerprint density at radius 3 is 2.09 bits per heavy atom. The number of carbonyl (C=O) groups excluding carboxylic acids is 2. The number of carboxylic acids is 3. The maximum atomic E-state index is 13.2. The molecule has 4 unspecified atom stereocenters. The molecule has 0 aliphatic carbocycles. The summed E-state index contributed by atoms with van der Waals surface area (Å²) < 4.78 is 22.2. The van der Waals surface area contributed by atoms with Crippen molar-refractivity contribution in [1.29, 1.82) is 0 Å². The second-order valence-corrected chi connectivity index (χ2v) is 14.2. The standard InChI is InChI=1S/C40H50O14/c1-25(15-12-20-28-16-6-4-7-17-28)14-10-11-22-31(42)52-33-32(43)38(53-34(35(44)45)39(50,36(46)47)40(33,54-38)37(48)49)23-13-21-30(51-27(3)41)26(2)24-29-18-8-5-9-19-29/h4-10,14,16-19,25-26,30,32-34,43,50H,11-13,15,20-24H2,1-3H3,(H,44,45)(H,46,47)(H,48,49)/b14-10+/t25-,26+,30+,32+,33+,34?,38?,39?,40?/m0/s1. The second kappa shape index (κ2) is 18.1. The van der Waals surface area contributed by atoms with Crippen molar-refractivity contribution >= 4 is 29.8 Å². The van der Waals surface area contributed by atoms with Gasteiger partial charge < -0.3 is 44.5 Å². The average Bonchev–Trinajstić information content (AvgIpc) is 3.33. The van der Waals surface area contributed by atoms with E-state index >= 15 is 0 Å². The molecule has 2 aliphatic heterocycles. The van der Waals surface area contributed by atoms with E-state index in [2.05, 4.69) is 12.1 Å². The molecule has 14 nitrogen and oxygen atoms in total. The molecule has 0 spiro atoms. The van der Waals surface area contributed by atoms with Crippen LogP contribution in [0.15, 0.2) is 72.8 Å². The minimum atomic E-state index is -3.86. The number of hydrogen-bond donors (Lipinski definition) is 5. The van der Waals surface area contributed by atoms with Gasteiger partial charge in [-0.1, -0.05) is 86.7 Å². The van der Waals surface area contributed by atoms with Crippen molar-refractivity contribution < 1.29 is 68.5 Å². The minimum Gasteiger partial charge on any atom is -0.479 e. The summed E-state index contributed by atoms with van der Waals surface area (Å²) in [5.74, 6) is -10.8. The lowest BCUT2D eigenvalue weighted by atomic mass is 9.74. The highest BCUT2D eigenvalue weighted by Crippen LogP contribution is 2.55. The third kappa shape index (κ3) is 9.17. The second-order valence-electron chi connectivity index (χ2n) is 14.2. The zero-order chi connectivity index (χ0) is 39.7. The molecule has 2 aromatic rings. The minimum absolute atomic E-state index is 0.0311. The van der Waals surface area contributed by atoms with Crippen LogP contribution in [0.3, 0.4) is 0 Å². The quantitative estimate of drug-likeness (QED) is 0.0950. The third-order valence-corrected chi connectivity index (χ3v) is 10.2. The van der Waals surface area contributed by atoms with E-state index in [4.69, 9.17) is 18.9 Å². The van der Waals surface area contributed by atoms with Gasteiger partial charge in [-0.3, -0.25) is 9.59 Å². The van der Waals surface area contributed by atoms with Gasteiger partial charge in [0.2, 0.25) is 23.1 Å². The summed E-state index contributed by atoms with van der Waals surface area (Å²) in [7, 11) is 0. The highest BCUT2D eigenvalue weighted by Gasteiger charge is 2.85. The fraction of sp³-hybridized carbons (Fsp3) is 0.525. The smallest absolute Gasteiger partial charge is 0.344 e. The monoisotopic (exact) mass is 754 g/mol. The summed E-state index contributed by atoms with van der Waals surface area (Å²) in [6, 6.07) is 19.4. The lowest BCUT2D eigenvalue weighted by molar-refractivity contribution is -0.374. The average molecular weight is 755 g/mol. The number of benzene rings is 2. The van der Waals surface area contributed by atoms with Gasteiger partial charge in [0, 0.05) is 19.8 Å². The maximum absolute atomic E-state index is 13.2.